The lowest BCUT2D eigenvalue weighted by molar-refractivity contribution is 0.479. The SMILES string of the molecule is Cc1cc(N[C@@H]2CCCNC2)nc(N=C(N)Nc2ccc(Cl)c(C)c2)n1. The molecule has 26 heavy (non-hydrogen) atoms. The molecule has 0 amide bonds. The van der Waals surface area contributed by atoms with Gasteiger partial charge >= 0.3 is 0 Å². The summed E-state index contributed by atoms with van der Waals surface area (Å²) in [5, 5.41) is 10.6. The van der Waals surface area contributed by atoms with E-state index in [9.17, 15) is 0 Å². The highest BCUT2D eigenvalue weighted by Gasteiger charge is 2.13. The maximum absolute atomic E-state index is 6.04. The molecule has 0 spiro atoms. The second kappa shape index (κ2) is 8.33. The van der Waals surface area contributed by atoms with E-state index >= 15 is 0 Å². The zero-order valence-electron chi connectivity index (χ0n) is 15.0. The van der Waals surface area contributed by atoms with E-state index in [1.807, 2.05) is 38.1 Å². The van der Waals surface area contributed by atoms with Crippen molar-refractivity contribution < 1.29 is 0 Å². The number of halogens is 1. The number of aromatic nitrogens is 2. The normalized spacial score (nSPS) is 17.8. The van der Waals surface area contributed by atoms with E-state index in [1.165, 1.54) is 0 Å². The molecule has 1 aliphatic rings. The van der Waals surface area contributed by atoms with Gasteiger partial charge in [0, 0.05) is 35.1 Å². The molecule has 2 heterocycles. The first-order chi connectivity index (χ1) is 12.5. The molecule has 1 fully saturated rings. The number of nitrogens with zero attached hydrogens (tertiary/aromatic N) is 3. The summed E-state index contributed by atoms with van der Waals surface area (Å²) >= 11 is 6.04. The average molecular weight is 374 g/mol. The predicted octanol–water partition coefficient (Wildman–Crippen LogP) is 2.97. The number of anilines is 2. The van der Waals surface area contributed by atoms with Crippen molar-refractivity contribution in [2.45, 2.75) is 32.7 Å². The molecular weight excluding hydrogens is 350 g/mol. The lowest BCUT2D eigenvalue weighted by atomic mass is 10.1. The molecule has 0 bridgehead atoms. The largest absolute Gasteiger partial charge is 0.369 e. The minimum absolute atomic E-state index is 0.225. The molecular formula is C18H24ClN7. The first-order valence-corrected chi connectivity index (χ1v) is 9.07. The van der Waals surface area contributed by atoms with Crippen LogP contribution in [0.5, 0.6) is 0 Å². The van der Waals surface area contributed by atoms with E-state index in [2.05, 4.69) is 30.9 Å². The number of hydrogen-bond donors (Lipinski definition) is 4. The van der Waals surface area contributed by atoms with Gasteiger partial charge in [0.15, 0.2) is 0 Å². The van der Waals surface area contributed by atoms with Crippen LogP contribution in [0.1, 0.15) is 24.1 Å². The first-order valence-electron chi connectivity index (χ1n) is 8.70. The quantitative estimate of drug-likeness (QED) is 0.485. The van der Waals surface area contributed by atoms with Gasteiger partial charge in [-0.1, -0.05) is 11.6 Å². The van der Waals surface area contributed by atoms with Crippen LogP contribution in [0.2, 0.25) is 5.02 Å². The van der Waals surface area contributed by atoms with Gasteiger partial charge in [-0.05, 0) is 57.0 Å². The number of hydrogen-bond acceptors (Lipinski definition) is 5. The summed E-state index contributed by atoms with van der Waals surface area (Å²) < 4.78 is 0. The van der Waals surface area contributed by atoms with Crippen LogP contribution in [0.15, 0.2) is 29.3 Å². The van der Waals surface area contributed by atoms with E-state index < -0.39 is 0 Å². The Bertz CT molecular complexity index is 800. The number of aryl methyl sites for hydroxylation is 2. The summed E-state index contributed by atoms with van der Waals surface area (Å²) in [5.41, 5.74) is 8.61. The molecule has 0 unspecified atom stereocenters. The Morgan fingerprint density at radius 3 is 2.88 bits per heavy atom. The standard InChI is InChI=1S/C18H24ClN7/c1-11-8-13(5-6-15(11)19)24-17(20)26-18-22-12(2)9-16(25-18)23-14-4-3-7-21-10-14/h5-6,8-9,14,21H,3-4,7,10H2,1-2H3,(H4,20,22,23,24,25,26)/t14-/m1/s1. The van der Waals surface area contributed by atoms with Gasteiger partial charge in [-0.15, -0.1) is 0 Å². The number of rotatable bonds is 4. The van der Waals surface area contributed by atoms with Crippen LogP contribution in [0.25, 0.3) is 0 Å². The van der Waals surface area contributed by atoms with Gasteiger partial charge in [0.1, 0.15) is 5.82 Å². The molecule has 1 atom stereocenters. The molecule has 138 valence electrons. The third kappa shape index (κ3) is 5.06. The average Bonchev–Trinajstić information content (AvgIpc) is 2.58. The van der Waals surface area contributed by atoms with Crippen LogP contribution in [0, 0.1) is 13.8 Å². The summed E-state index contributed by atoms with van der Waals surface area (Å²) in [5.74, 6) is 1.31. The third-order valence-corrected chi connectivity index (χ3v) is 4.57. The Morgan fingerprint density at radius 1 is 1.31 bits per heavy atom. The fraction of sp³-hybridized carbons (Fsp3) is 0.389. The number of piperidine rings is 1. The zero-order chi connectivity index (χ0) is 18.5. The zero-order valence-corrected chi connectivity index (χ0v) is 15.8. The van der Waals surface area contributed by atoms with E-state index in [0.717, 1.165) is 48.7 Å². The summed E-state index contributed by atoms with van der Waals surface area (Å²) in [6, 6.07) is 7.85. The van der Waals surface area contributed by atoms with E-state index in [-0.39, 0.29) is 5.96 Å². The fourth-order valence-electron chi connectivity index (χ4n) is 2.87. The number of aliphatic imine (C=N–C) groups is 1. The smallest absolute Gasteiger partial charge is 0.254 e. The minimum Gasteiger partial charge on any atom is -0.369 e. The van der Waals surface area contributed by atoms with Crippen LogP contribution in [0.3, 0.4) is 0 Å². The van der Waals surface area contributed by atoms with Crippen molar-refractivity contribution in [3.8, 4) is 0 Å². The summed E-state index contributed by atoms with van der Waals surface area (Å²) in [6.07, 6.45) is 2.28. The van der Waals surface area contributed by atoms with Gasteiger partial charge < -0.3 is 21.7 Å². The summed E-state index contributed by atoms with van der Waals surface area (Å²) in [7, 11) is 0. The molecule has 1 saturated heterocycles. The van der Waals surface area contributed by atoms with Gasteiger partial charge in [0.2, 0.25) is 5.96 Å². The van der Waals surface area contributed by atoms with E-state index in [4.69, 9.17) is 17.3 Å². The van der Waals surface area contributed by atoms with Crippen molar-refractivity contribution >= 4 is 35.0 Å². The van der Waals surface area contributed by atoms with Gasteiger partial charge in [-0.2, -0.15) is 9.98 Å². The molecule has 1 aromatic heterocycles. The minimum atomic E-state index is 0.225. The topological polar surface area (TPSA) is 100 Å². The molecule has 0 radical (unpaired) electrons. The molecule has 3 rings (SSSR count). The third-order valence-electron chi connectivity index (χ3n) is 4.14. The number of nitrogens with one attached hydrogen (secondary N) is 3. The number of guanidine groups is 1. The predicted molar refractivity (Wildman–Crippen MR) is 107 cm³/mol. The highest BCUT2D eigenvalue weighted by Crippen LogP contribution is 2.20. The van der Waals surface area contributed by atoms with Gasteiger partial charge in [0.25, 0.3) is 5.95 Å². The lowest BCUT2D eigenvalue weighted by Gasteiger charge is -2.24. The molecule has 0 saturated carbocycles. The van der Waals surface area contributed by atoms with Gasteiger partial charge in [-0.3, -0.25) is 0 Å². The van der Waals surface area contributed by atoms with Crippen molar-refractivity contribution in [3.05, 3.63) is 40.5 Å². The van der Waals surface area contributed by atoms with Crippen molar-refractivity contribution in [1.82, 2.24) is 15.3 Å². The van der Waals surface area contributed by atoms with Crippen molar-refractivity contribution in [2.24, 2.45) is 10.7 Å². The highest BCUT2D eigenvalue weighted by atomic mass is 35.5. The Kier molecular flexibility index (Phi) is 5.90. The molecule has 0 aliphatic carbocycles. The monoisotopic (exact) mass is 373 g/mol. The Hall–Kier alpha value is -2.38. The van der Waals surface area contributed by atoms with Crippen LogP contribution >= 0.6 is 11.6 Å². The molecule has 5 N–H and O–H groups in total. The lowest BCUT2D eigenvalue weighted by Crippen LogP contribution is -2.38. The Balaban J connectivity index is 1.72. The molecule has 8 heteroatoms. The molecule has 7 nitrogen and oxygen atoms in total. The first kappa shape index (κ1) is 18.4. The van der Waals surface area contributed by atoms with Crippen molar-refractivity contribution in [3.63, 3.8) is 0 Å². The van der Waals surface area contributed by atoms with Gasteiger partial charge in [-0.25, -0.2) is 4.98 Å². The van der Waals surface area contributed by atoms with E-state index in [0.29, 0.717) is 17.0 Å². The second-order valence-corrected chi connectivity index (χ2v) is 6.88. The van der Waals surface area contributed by atoms with Gasteiger partial charge in [0.05, 0.1) is 0 Å². The Morgan fingerprint density at radius 2 is 2.15 bits per heavy atom. The maximum Gasteiger partial charge on any atom is 0.254 e. The van der Waals surface area contributed by atoms with Crippen LogP contribution in [-0.2, 0) is 0 Å². The molecule has 2 aromatic rings. The van der Waals surface area contributed by atoms with Crippen LogP contribution in [-0.4, -0.2) is 35.1 Å². The van der Waals surface area contributed by atoms with Crippen molar-refractivity contribution in [2.75, 3.05) is 23.7 Å². The Labute approximate surface area is 158 Å². The maximum atomic E-state index is 6.04. The second-order valence-electron chi connectivity index (χ2n) is 6.47. The van der Waals surface area contributed by atoms with Crippen molar-refractivity contribution in [1.29, 1.82) is 0 Å². The summed E-state index contributed by atoms with van der Waals surface area (Å²) in [4.78, 5) is 13.1. The summed E-state index contributed by atoms with van der Waals surface area (Å²) in [6.45, 7) is 5.85. The highest BCUT2D eigenvalue weighted by molar-refractivity contribution is 6.31. The molecule has 1 aliphatic heterocycles. The molecule has 1 aromatic carbocycles. The number of nitrogens with two attached hydrogens (primary N) is 1. The van der Waals surface area contributed by atoms with Crippen LogP contribution < -0.4 is 21.7 Å². The van der Waals surface area contributed by atoms with Crippen LogP contribution in [0.4, 0.5) is 17.5 Å². The number of benzene rings is 1. The van der Waals surface area contributed by atoms with E-state index in [1.54, 1.807) is 0 Å². The fourth-order valence-corrected chi connectivity index (χ4v) is 2.98.